The number of carbonyl (C=O) groups excluding carboxylic acids is 1. The fourth-order valence-electron chi connectivity index (χ4n) is 3.54. The number of amides is 1. The largest absolute Gasteiger partial charge is 0.440 e. The molecule has 4 rings (SSSR count). The second-order valence-electron chi connectivity index (χ2n) is 6.08. The van der Waals surface area contributed by atoms with Crippen molar-refractivity contribution in [3.63, 3.8) is 0 Å². The van der Waals surface area contributed by atoms with E-state index in [2.05, 4.69) is 10.3 Å². The molecule has 2 atom stereocenters. The van der Waals surface area contributed by atoms with Crippen LogP contribution in [0.3, 0.4) is 0 Å². The topological polar surface area (TPSA) is 121 Å². The van der Waals surface area contributed by atoms with Crippen molar-refractivity contribution in [1.82, 2.24) is 4.98 Å². The summed E-state index contributed by atoms with van der Waals surface area (Å²) in [5, 5.41) is 12.4. The molecule has 0 saturated heterocycles. The molecule has 25 heavy (non-hydrogen) atoms. The third-order valence-electron chi connectivity index (χ3n) is 4.57. The molecule has 124 valence electrons. The number of pyridine rings is 1. The van der Waals surface area contributed by atoms with Gasteiger partial charge in [-0.25, -0.2) is 0 Å². The van der Waals surface area contributed by atoms with Gasteiger partial charge in [-0.3, -0.25) is 9.59 Å². The second kappa shape index (κ2) is 5.24. The Morgan fingerprint density at radius 2 is 2.00 bits per heavy atom. The van der Waals surface area contributed by atoms with E-state index in [4.69, 9.17) is 10.5 Å². The Hall–Kier alpha value is -3.53. The van der Waals surface area contributed by atoms with Crippen molar-refractivity contribution in [2.24, 2.45) is 5.73 Å². The molecule has 7 heteroatoms. The van der Waals surface area contributed by atoms with Gasteiger partial charge in [0.25, 0.3) is 5.56 Å². The van der Waals surface area contributed by atoms with Crippen molar-refractivity contribution in [3.05, 3.63) is 69.0 Å². The van der Waals surface area contributed by atoms with Crippen LogP contribution in [0.2, 0.25) is 0 Å². The molecule has 4 N–H and O–H groups in total. The van der Waals surface area contributed by atoms with Crippen LogP contribution in [-0.2, 0) is 4.79 Å². The highest BCUT2D eigenvalue weighted by atomic mass is 16.5. The lowest BCUT2D eigenvalue weighted by Crippen LogP contribution is -2.32. The van der Waals surface area contributed by atoms with Crippen molar-refractivity contribution in [2.45, 2.75) is 18.8 Å². The maximum atomic E-state index is 12.6. The van der Waals surface area contributed by atoms with Crippen LogP contribution >= 0.6 is 0 Å². The van der Waals surface area contributed by atoms with E-state index < -0.39 is 17.4 Å². The number of hydrogen-bond acceptors (Lipinski definition) is 5. The van der Waals surface area contributed by atoms with E-state index in [0.717, 1.165) is 5.56 Å². The number of hydrogen-bond donors (Lipinski definition) is 3. The minimum absolute atomic E-state index is 0.0813. The summed E-state index contributed by atoms with van der Waals surface area (Å²) in [5.41, 5.74) is 7.86. The molecular weight excluding hydrogens is 320 g/mol. The van der Waals surface area contributed by atoms with Gasteiger partial charge in [0.05, 0.1) is 17.1 Å². The van der Waals surface area contributed by atoms with E-state index in [0.29, 0.717) is 11.4 Å². The van der Waals surface area contributed by atoms with E-state index in [1.54, 1.807) is 25.1 Å². The average molecular weight is 334 g/mol. The molecule has 3 heterocycles. The van der Waals surface area contributed by atoms with Crippen molar-refractivity contribution in [3.8, 4) is 11.8 Å². The number of aryl methyl sites for hydroxylation is 1. The van der Waals surface area contributed by atoms with Gasteiger partial charge in [0, 0.05) is 23.4 Å². The van der Waals surface area contributed by atoms with Crippen LogP contribution in [0.5, 0.6) is 5.75 Å². The Balaban J connectivity index is 2.00. The first-order valence-corrected chi connectivity index (χ1v) is 7.72. The van der Waals surface area contributed by atoms with Crippen molar-refractivity contribution in [1.29, 1.82) is 5.26 Å². The lowest BCUT2D eigenvalue weighted by molar-refractivity contribution is -0.117. The Morgan fingerprint density at radius 3 is 2.76 bits per heavy atom. The highest BCUT2D eigenvalue weighted by Crippen LogP contribution is 2.48. The van der Waals surface area contributed by atoms with Crippen LogP contribution in [0.25, 0.3) is 0 Å². The number of para-hydroxylation sites is 1. The van der Waals surface area contributed by atoms with Gasteiger partial charge >= 0.3 is 0 Å². The van der Waals surface area contributed by atoms with Crippen molar-refractivity contribution in [2.75, 3.05) is 5.32 Å². The second-order valence-corrected chi connectivity index (χ2v) is 6.08. The molecule has 2 aromatic rings. The predicted molar refractivity (Wildman–Crippen MR) is 89.8 cm³/mol. The molecule has 0 bridgehead atoms. The number of ether oxygens (including phenoxy) is 1. The Morgan fingerprint density at radius 1 is 1.24 bits per heavy atom. The van der Waals surface area contributed by atoms with Crippen molar-refractivity contribution < 1.29 is 9.53 Å². The lowest BCUT2D eigenvalue weighted by Gasteiger charge is -2.28. The van der Waals surface area contributed by atoms with Gasteiger partial charge in [0.1, 0.15) is 11.8 Å². The van der Waals surface area contributed by atoms with Crippen LogP contribution in [0, 0.1) is 18.3 Å². The summed E-state index contributed by atoms with van der Waals surface area (Å²) in [6.45, 7) is 1.72. The standard InChI is InChI=1S/C18H14N4O3/c1-8-6-12-15(18(24)21-8)13(10(7-19)16(20)25-12)14-9-4-2-3-5-11(9)22-17(14)23/h2-6,13-14H,20H2,1H3,(H,21,24)(H,22,23)/t13-,14-/m1/s1. The number of nitrogens with two attached hydrogens (primary N) is 1. The quantitative estimate of drug-likeness (QED) is 0.731. The minimum Gasteiger partial charge on any atom is -0.440 e. The normalized spacial score (nSPS) is 21.0. The summed E-state index contributed by atoms with van der Waals surface area (Å²) >= 11 is 0. The number of nitriles is 1. The first-order valence-electron chi connectivity index (χ1n) is 7.72. The summed E-state index contributed by atoms with van der Waals surface area (Å²) in [6, 6.07) is 10.9. The average Bonchev–Trinajstić information content (AvgIpc) is 2.88. The summed E-state index contributed by atoms with van der Waals surface area (Å²) in [5.74, 6) is -1.61. The molecule has 0 aliphatic carbocycles. The molecule has 2 aliphatic rings. The third-order valence-corrected chi connectivity index (χ3v) is 4.57. The monoisotopic (exact) mass is 334 g/mol. The van der Waals surface area contributed by atoms with E-state index >= 15 is 0 Å². The van der Waals surface area contributed by atoms with E-state index in [-0.39, 0.29) is 28.7 Å². The van der Waals surface area contributed by atoms with E-state index in [9.17, 15) is 14.9 Å². The fourth-order valence-corrected chi connectivity index (χ4v) is 3.54. The van der Waals surface area contributed by atoms with Gasteiger partial charge in [0.2, 0.25) is 11.8 Å². The van der Waals surface area contributed by atoms with Gasteiger partial charge in [-0.05, 0) is 18.6 Å². The maximum absolute atomic E-state index is 12.6. The molecular formula is C18H14N4O3. The summed E-state index contributed by atoms with van der Waals surface area (Å²) < 4.78 is 5.49. The van der Waals surface area contributed by atoms with Gasteiger partial charge in [-0.2, -0.15) is 5.26 Å². The molecule has 0 spiro atoms. The molecule has 0 saturated carbocycles. The molecule has 0 radical (unpaired) electrons. The van der Waals surface area contributed by atoms with Crippen LogP contribution in [0.15, 0.2) is 46.6 Å². The first-order chi connectivity index (χ1) is 12.0. The number of fused-ring (bicyclic) bond motifs is 2. The molecule has 7 nitrogen and oxygen atoms in total. The number of allylic oxidation sites excluding steroid dienone is 1. The number of anilines is 1. The van der Waals surface area contributed by atoms with E-state index in [1.807, 2.05) is 18.2 Å². The number of aromatic amines is 1. The molecule has 0 unspecified atom stereocenters. The summed E-state index contributed by atoms with van der Waals surface area (Å²) in [6.07, 6.45) is 0. The van der Waals surface area contributed by atoms with Crippen molar-refractivity contribution >= 4 is 11.6 Å². The van der Waals surface area contributed by atoms with E-state index in [1.165, 1.54) is 0 Å². The lowest BCUT2D eigenvalue weighted by atomic mass is 9.77. The van der Waals surface area contributed by atoms with Crippen LogP contribution in [0.1, 0.15) is 28.7 Å². The van der Waals surface area contributed by atoms with Gasteiger partial charge in [0.15, 0.2) is 0 Å². The molecule has 0 fully saturated rings. The SMILES string of the molecule is Cc1cc2c(c(=O)[nH]1)[C@@H]([C@@H]1C(=O)Nc3ccccc31)C(C#N)=C(N)O2. The number of carbonyl (C=O) groups is 1. The van der Waals surface area contributed by atoms with Gasteiger partial charge in [-0.15, -0.1) is 0 Å². The number of H-pyrrole nitrogens is 1. The molecule has 2 aliphatic heterocycles. The van der Waals surface area contributed by atoms with Gasteiger partial charge in [-0.1, -0.05) is 18.2 Å². The van der Waals surface area contributed by atoms with Crippen LogP contribution in [-0.4, -0.2) is 10.9 Å². The smallest absolute Gasteiger partial charge is 0.255 e. The zero-order valence-electron chi connectivity index (χ0n) is 13.3. The predicted octanol–water partition coefficient (Wildman–Crippen LogP) is 1.59. The van der Waals surface area contributed by atoms with Crippen LogP contribution < -0.4 is 21.3 Å². The number of aromatic nitrogens is 1. The van der Waals surface area contributed by atoms with Crippen LogP contribution in [0.4, 0.5) is 5.69 Å². The summed E-state index contributed by atoms with van der Waals surface area (Å²) in [4.78, 5) is 28.0. The number of nitrogens with zero attached hydrogens (tertiary/aromatic N) is 1. The number of rotatable bonds is 1. The number of nitrogens with one attached hydrogen (secondary N) is 2. The summed E-state index contributed by atoms with van der Waals surface area (Å²) in [7, 11) is 0. The highest BCUT2D eigenvalue weighted by Gasteiger charge is 2.45. The highest BCUT2D eigenvalue weighted by molar-refractivity contribution is 6.04. The molecule has 1 aromatic carbocycles. The molecule has 1 aromatic heterocycles. The maximum Gasteiger partial charge on any atom is 0.255 e. The zero-order chi connectivity index (χ0) is 17.7. The molecule has 1 amide bonds. The Bertz CT molecular complexity index is 1050. The Kier molecular flexibility index (Phi) is 3.15. The first kappa shape index (κ1) is 15.0. The number of benzene rings is 1. The fraction of sp³-hybridized carbons (Fsp3) is 0.167. The Labute approximate surface area is 142 Å². The van der Waals surface area contributed by atoms with Gasteiger partial charge < -0.3 is 20.8 Å². The minimum atomic E-state index is -0.804. The third kappa shape index (κ3) is 2.11. The zero-order valence-corrected chi connectivity index (χ0v) is 13.3.